The van der Waals surface area contributed by atoms with Gasteiger partial charge in [-0.1, -0.05) is 0 Å². The number of hydrogen-bond acceptors (Lipinski definition) is 1. The van der Waals surface area contributed by atoms with Crippen LogP contribution < -0.4 is 29.6 Å². The Morgan fingerprint density at radius 2 is 1.60 bits per heavy atom. The Balaban J connectivity index is -0.0000000450. The second-order valence-corrected chi connectivity index (χ2v) is 0.758. The summed E-state index contributed by atoms with van der Waals surface area (Å²) in [5, 5.41) is 0. The molecule has 0 aromatic rings. The monoisotopic (exact) mass is 105 g/mol. The van der Waals surface area contributed by atoms with Crippen LogP contribution >= 0.6 is 8.25 Å². The van der Waals surface area contributed by atoms with Gasteiger partial charge in [-0.05, 0) is 0 Å². The standard InChI is InChI=1S/Na.HO3P.H/c;1-4(2)3;/h;(H-,1,2,3);/q+1;;-1/p+1. The first kappa shape index (κ1) is 9.39. The van der Waals surface area contributed by atoms with Crippen LogP contribution in [0, 0.1) is 0 Å². The molecule has 2 N–H and O–H groups in total. The predicted octanol–water partition coefficient (Wildman–Crippen LogP) is -3.26. The van der Waals surface area contributed by atoms with E-state index >= 15 is 0 Å². The summed E-state index contributed by atoms with van der Waals surface area (Å²) in [5.74, 6) is 0. The summed E-state index contributed by atoms with van der Waals surface area (Å²) in [5.41, 5.74) is 0. The fraction of sp³-hybridized carbons (Fsp3) is 0. The van der Waals surface area contributed by atoms with Gasteiger partial charge >= 0.3 is 37.8 Å². The molecule has 0 aromatic heterocycles. The first-order valence-corrected chi connectivity index (χ1v) is 1.75. The number of rotatable bonds is 0. The van der Waals surface area contributed by atoms with E-state index in [1.54, 1.807) is 0 Å². The van der Waals surface area contributed by atoms with Crippen LogP contribution in [0.4, 0.5) is 0 Å². The van der Waals surface area contributed by atoms with Crippen molar-refractivity contribution in [2.24, 2.45) is 0 Å². The van der Waals surface area contributed by atoms with Gasteiger partial charge in [0.05, 0.1) is 0 Å². The molecule has 0 atom stereocenters. The van der Waals surface area contributed by atoms with Gasteiger partial charge in [0.2, 0.25) is 0 Å². The third kappa shape index (κ3) is 44.0. The molecule has 0 rings (SSSR count). The fourth-order valence-corrected chi connectivity index (χ4v) is 0. The van der Waals surface area contributed by atoms with Gasteiger partial charge in [0.15, 0.2) is 0 Å². The zero-order valence-corrected chi connectivity index (χ0v) is 5.64. The van der Waals surface area contributed by atoms with Crippen molar-refractivity contribution >= 4 is 8.25 Å². The smallest absolute Gasteiger partial charge is 1.00 e. The molecule has 0 aliphatic heterocycles. The van der Waals surface area contributed by atoms with E-state index in [2.05, 4.69) is 0 Å². The second-order valence-electron chi connectivity index (χ2n) is 0.253. The van der Waals surface area contributed by atoms with E-state index in [1.807, 2.05) is 0 Å². The summed E-state index contributed by atoms with van der Waals surface area (Å²) in [7, 11) is -2.87. The van der Waals surface area contributed by atoms with Crippen LogP contribution in [0.15, 0.2) is 0 Å². The summed E-state index contributed by atoms with van der Waals surface area (Å²) in [4.78, 5) is 14.2. The van der Waals surface area contributed by atoms with Crippen LogP contribution in [-0.2, 0) is 4.57 Å². The Kier molecular flexibility index (Phi) is 9.43. The maximum Gasteiger partial charge on any atom is 1.00 e. The molecule has 0 bridgehead atoms. The minimum atomic E-state index is -2.87. The maximum atomic E-state index is 8.70. The third-order valence-corrected chi connectivity index (χ3v) is 0. The molecule has 5 heavy (non-hydrogen) atoms. The largest absolute Gasteiger partial charge is 1.00 e. The van der Waals surface area contributed by atoms with Gasteiger partial charge in [-0.2, -0.15) is 0 Å². The topological polar surface area (TPSA) is 57.5 Å². The Morgan fingerprint density at radius 3 is 1.60 bits per heavy atom. The zero-order valence-electron chi connectivity index (χ0n) is 3.75. The summed E-state index contributed by atoms with van der Waals surface area (Å²) in [6.07, 6.45) is 0. The molecule has 5 heteroatoms. The molecule has 3 nitrogen and oxygen atoms in total. The Morgan fingerprint density at radius 1 is 1.60 bits per heavy atom. The molecule has 0 fully saturated rings. The molecule has 0 aliphatic carbocycles. The van der Waals surface area contributed by atoms with Crippen LogP contribution in [0.1, 0.15) is 1.43 Å². The van der Waals surface area contributed by atoms with Crippen LogP contribution in [0.25, 0.3) is 0 Å². The van der Waals surface area contributed by atoms with Crippen LogP contribution in [-0.4, -0.2) is 9.79 Å². The van der Waals surface area contributed by atoms with E-state index in [-0.39, 0.29) is 31.0 Å². The summed E-state index contributed by atoms with van der Waals surface area (Å²) < 4.78 is 8.70. The quantitative estimate of drug-likeness (QED) is 0.251. The SMILES string of the molecule is O=[P+](O)O.[H-].[Na+]. The van der Waals surface area contributed by atoms with Gasteiger partial charge in [0, 0.05) is 4.57 Å². The molecule has 0 saturated heterocycles. The molecule has 0 amide bonds. The predicted molar refractivity (Wildman–Crippen MR) is 13.2 cm³/mol. The van der Waals surface area contributed by atoms with Crippen molar-refractivity contribution in [2.45, 2.75) is 0 Å². The van der Waals surface area contributed by atoms with Crippen LogP contribution in [0.2, 0.25) is 0 Å². The van der Waals surface area contributed by atoms with Crippen molar-refractivity contribution in [2.75, 3.05) is 0 Å². The Hall–Kier alpha value is 1.02. The molecular formula is H3NaO3P+. The van der Waals surface area contributed by atoms with Gasteiger partial charge < -0.3 is 1.43 Å². The molecule has 0 unspecified atom stereocenters. The summed E-state index contributed by atoms with van der Waals surface area (Å²) in [6, 6.07) is 0. The maximum absolute atomic E-state index is 8.70. The minimum Gasteiger partial charge on any atom is -1.00 e. The van der Waals surface area contributed by atoms with Gasteiger partial charge in [0.25, 0.3) is 0 Å². The Bertz CT molecular complexity index is 33.8. The van der Waals surface area contributed by atoms with Crippen LogP contribution in [0.5, 0.6) is 0 Å². The fourth-order valence-electron chi connectivity index (χ4n) is 0. The van der Waals surface area contributed by atoms with Gasteiger partial charge in [-0.3, -0.25) is 0 Å². The normalized spacial score (nSPS) is 5.20. The average molecular weight is 105 g/mol. The summed E-state index contributed by atoms with van der Waals surface area (Å²) >= 11 is 0. The molecule has 0 aliphatic rings. The molecule has 0 heterocycles. The molecular weight excluding hydrogens is 102 g/mol. The van der Waals surface area contributed by atoms with E-state index in [0.29, 0.717) is 0 Å². The van der Waals surface area contributed by atoms with Crippen molar-refractivity contribution in [3.8, 4) is 0 Å². The van der Waals surface area contributed by atoms with Gasteiger partial charge in [-0.15, -0.1) is 9.79 Å². The minimum absolute atomic E-state index is 0. The van der Waals surface area contributed by atoms with Crippen molar-refractivity contribution < 1.29 is 45.3 Å². The van der Waals surface area contributed by atoms with Crippen molar-refractivity contribution in [3.63, 3.8) is 0 Å². The summed E-state index contributed by atoms with van der Waals surface area (Å²) in [6.45, 7) is 0. The van der Waals surface area contributed by atoms with Gasteiger partial charge in [-0.25, -0.2) is 0 Å². The van der Waals surface area contributed by atoms with E-state index in [4.69, 9.17) is 14.4 Å². The van der Waals surface area contributed by atoms with E-state index in [9.17, 15) is 0 Å². The second kappa shape index (κ2) is 5.02. The molecule has 0 radical (unpaired) electrons. The Labute approximate surface area is 53.7 Å². The van der Waals surface area contributed by atoms with Crippen molar-refractivity contribution in [1.29, 1.82) is 0 Å². The van der Waals surface area contributed by atoms with E-state index in [0.717, 1.165) is 0 Å². The molecule has 0 spiro atoms. The number of hydrogen-bond donors (Lipinski definition) is 2. The van der Waals surface area contributed by atoms with Crippen molar-refractivity contribution in [3.05, 3.63) is 0 Å². The van der Waals surface area contributed by atoms with Crippen molar-refractivity contribution in [1.82, 2.24) is 0 Å². The average Bonchev–Trinajstić information content (AvgIpc) is 0.811. The van der Waals surface area contributed by atoms with Crippen LogP contribution in [0.3, 0.4) is 0 Å². The molecule has 0 aromatic carbocycles. The first-order valence-electron chi connectivity index (χ1n) is 0.583. The first-order chi connectivity index (χ1) is 1.73. The zero-order chi connectivity index (χ0) is 3.58. The van der Waals surface area contributed by atoms with E-state index in [1.165, 1.54) is 0 Å². The van der Waals surface area contributed by atoms with Gasteiger partial charge in [0.1, 0.15) is 0 Å². The third-order valence-electron chi connectivity index (χ3n) is 0. The molecule has 26 valence electrons. The molecule has 0 saturated carbocycles. The van der Waals surface area contributed by atoms with E-state index < -0.39 is 8.25 Å².